The van der Waals surface area contributed by atoms with Gasteiger partial charge in [0.2, 0.25) is 5.91 Å². The van der Waals surface area contributed by atoms with Crippen molar-refractivity contribution in [3.63, 3.8) is 0 Å². The minimum atomic E-state index is -3.88. The predicted molar refractivity (Wildman–Crippen MR) is 114 cm³/mol. The Morgan fingerprint density at radius 3 is 2.66 bits per heavy atom. The molecule has 2 amide bonds. The summed E-state index contributed by atoms with van der Waals surface area (Å²) in [5, 5.41) is 0. The Morgan fingerprint density at radius 2 is 1.97 bits per heavy atom. The number of hydrogen-bond acceptors (Lipinski definition) is 6. The molecular weight excluding hydrogens is 482 g/mol. The Balaban J connectivity index is 1.82. The van der Waals surface area contributed by atoms with Crippen molar-refractivity contribution < 1.29 is 22.7 Å². The highest BCUT2D eigenvalue weighted by atomic mass is 79.9. The fourth-order valence-electron chi connectivity index (χ4n) is 3.16. The highest BCUT2D eigenvalue weighted by Gasteiger charge is 2.26. The van der Waals surface area contributed by atoms with Gasteiger partial charge in [-0.05, 0) is 31.0 Å². The summed E-state index contributed by atoms with van der Waals surface area (Å²) < 4.78 is 33.4. The van der Waals surface area contributed by atoms with Gasteiger partial charge in [-0.1, -0.05) is 27.3 Å². The first-order valence-corrected chi connectivity index (χ1v) is 12.6. The average molecular weight is 504 g/mol. The van der Waals surface area contributed by atoms with Gasteiger partial charge in [0.25, 0.3) is 5.91 Å². The van der Waals surface area contributed by atoms with Crippen LogP contribution in [0.5, 0.6) is 0 Å². The first kappa shape index (κ1) is 22.1. The van der Waals surface area contributed by atoms with E-state index in [1.54, 1.807) is 7.11 Å². The Morgan fingerprint density at radius 1 is 1.24 bits per heavy atom. The number of fused-ring (bicyclic) bond motifs is 1. The Bertz CT molecular complexity index is 1080. The number of nitrogens with zero attached hydrogens (tertiary/aromatic N) is 3. The zero-order valence-corrected chi connectivity index (χ0v) is 19.2. The molecule has 1 aromatic carbocycles. The van der Waals surface area contributed by atoms with Gasteiger partial charge in [0, 0.05) is 31.2 Å². The molecule has 0 bridgehead atoms. The molecule has 1 saturated heterocycles. The van der Waals surface area contributed by atoms with Crippen molar-refractivity contribution in [1.82, 2.24) is 9.47 Å². The molecule has 8 nitrogen and oxygen atoms in total. The Kier molecular flexibility index (Phi) is 7.25. The summed E-state index contributed by atoms with van der Waals surface area (Å²) in [7, 11) is -2.29. The van der Waals surface area contributed by atoms with E-state index in [-0.39, 0.29) is 0 Å². The van der Waals surface area contributed by atoms with Crippen molar-refractivity contribution in [2.45, 2.75) is 19.4 Å². The highest BCUT2D eigenvalue weighted by molar-refractivity contribution is 9.10. The number of amides is 2. The number of carbonyl (C=O) groups excluding carboxylic acids is 2. The van der Waals surface area contributed by atoms with Crippen molar-refractivity contribution in [2.75, 3.05) is 38.3 Å². The fourth-order valence-corrected chi connectivity index (χ4v) is 5.88. The summed E-state index contributed by atoms with van der Waals surface area (Å²) >= 11 is 4.72. The maximum Gasteiger partial charge on any atom is 0.263 e. The van der Waals surface area contributed by atoms with E-state index in [2.05, 4.69) is 20.9 Å². The van der Waals surface area contributed by atoms with E-state index in [1.807, 2.05) is 22.8 Å². The van der Waals surface area contributed by atoms with Crippen LogP contribution in [-0.4, -0.2) is 68.0 Å². The van der Waals surface area contributed by atoms with E-state index in [4.69, 9.17) is 4.74 Å². The van der Waals surface area contributed by atoms with E-state index < -0.39 is 33.2 Å². The summed E-state index contributed by atoms with van der Waals surface area (Å²) in [5.41, 5.74) is 0.883. The smallest absolute Gasteiger partial charge is 0.263 e. The highest BCUT2D eigenvalue weighted by Crippen LogP contribution is 2.22. The molecule has 1 aromatic heterocycles. The van der Waals surface area contributed by atoms with Crippen LogP contribution in [0.1, 0.15) is 12.8 Å². The van der Waals surface area contributed by atoms with Crippen LogP contribution in [0.3, 0.4) is 0 Å². The molecule has 29 heavy (non-hydrogen) atoms. The van der Waals surface area contributed by atoms with Crippen LogP contribution in [0.4, 0.5) is 0 Å². The maximum absolute atomic E-state index is 12.4. The monoisotopic (exact) mass is 503 g/mol. The van der Waals surface area contributed by atoms with Gasteiger partial charge >= 0.3 is 0 Å². The number of methoxy groups -OCH3 is 1. The predicted octanol–water partition coefficient (Wildman–Crippen LogP) is 1.58. The first-order valence-electron chi connectivity index (χ1n) is 9.12. The second-order valence-electron chi connectivity index (χ2n) is 6.77. The van der Waals surface area contributed by atoms with Crippen molar-refractivity contribution in [2.24, 2.45) is 4.99 Å². The molecule has 0 aliphatic carbocycles. The number of halogens is 1. The molecule has 0 spiro atoms. The van der Waals surface area contributed by atoms with Gasteiger partial charge in [0.05, 0.1) is 16.8 Å². The summed E-state index contributed by atoms with van der Waals surface area (Å²) in [6.45, 7) is 2.05. The maximum atomic E-state index is 12.4. The van der Waals surface area contributed by atoms with E-state index in [0.717, 1.165) is 27.5 Å². The zero-order valence-electron chi connectivity index (χ0n) is 16.0. The third-order valence-electron chi connectivity index (χ3n) is 4.53. The Hall–Kier alpha value is -1.56. The lowest BCUT2D eigenvalue weighted by Gasteiger charge is -2.14. The molecule has 0 saturated carbocycles. The van der Waals surface area contributed by atoms with Gasteiger partial charge in [-0.15, -0.1) is 0 Å². The normalized spacial score (nSPS) is 15.4. The number of ether oxygens (including phenoxy) is 1. The van der Waals surface area contributed by atoms with Crippen molar-refractivity contribution >= 4 is 59.1 Å². The molecule has 2 heterocycles. The number of benzene rings is 1. The minimum Gasteiger partial charge on any atom is -0.383 e. The second-order valence-corrected chi connectivity index (χ2v) is 10.8. The van der Waals surface area contributed by atoms with Gasteiger partial charge in [-0.3, -0.25) is 9.59 Å². The van der Waals surface area contributed by atoms with Crippen LogP contribution < -0.4 is 4.80 Å². The third kappa shape index (κ3) is 5.74. The van der Waals surface area contributed by atoms with Crippen molar-refractivity contribution in [1.29, 1.82) is 0 Å². The topological polar surface area (TPSA) is 98.0 Å². The molecule has 0 unspecified atom stereocenters. The molecule has 0 N–H and O–H groups in total. The lowest BCUT2D eigenvalue weighted by atomic mass is 10.3. The van der Waals surface area contributed by atoms with Gasteiger partial charge in [-0.25, -0.2) is 8.42 Å². The summed E-state index contributed by atoms with van der Waals surface area (Å²) in [4.78, 5) is 30.5. The number of sulfone groups is 1. The van der Waals surface area contributed by atoms with E-state index in [9.17, 15) is 18.0 Å². The quantitative estimate of drug-likeness (QED) is 0.571. The Labute approximate surface area is 181 Å². The minimum absolute atomic E-state index is 0.404. The molecule has 0 radical (unpaired) electrons. The van der Waals surface area contributed by atoms with Crippen molar-refractivity contribution in [3.05, 3.63) is 27.5 Å². The molecule has 2 aromatic rings. The number of rotatable bonds is 7. The van der Waals surface area contributed by atoms with Crippen LogP contribution in [0.25, 0.3) is 10.2 Å². The summed E-state index contributed by atoms with van der Waals surface area (Å²) in [6, 6.07) is 5.71. The van der Waals surface area contributed by atoms with Gasteiger partial charge < -0.3 is 14.2 Å². The number of hydrogen-bond donors (Lipinski definition) is 0. The first-order chi connectivity index (χ1) is 13.8. The number of aromatic nitrogens is 1. The lowest BCUT2D eigenvalue weighted by Crippen LogP contribution is -2.35. The third-order valence-corrected chi connectivity index (χ3v) is 7.44. The van der Waals surface area contributed by atoms with Crippen LogP contribution in [0.15, 0.2) is 27.7 Å². The van der Waals surface area contributed by atoms with Gasteiger partial charge in [0.15, 0.2) is 14.6 Å². The molecule has 1 aliphatic heterocycles. The molecule has 1 fully saturated rings. The zero-order chi connectivity index (χ0) is 21.0. The largest absolute Gasteiger partial charge is 0.383 e. The SMILES string of the molecule is COCCn1c(=NC(=O)CS(=O)(=O)CC(=O)N2CCCC2)sc2cc(Br)ccc21. The van der Waals surface area contributed by atoms with E-state index in [1.165, 1.54) is 16.2 Å². The molecule has 1 aliphatic rings. The van der Waals surface area contributed by atoms with Gasteiger partial charge in [0.1, 0.15) is 11.5 Å². The standard InChI is InChI=1S/C18H22BrN3O5S2/c1-27-9-8-22-14-5-4-13(19)10-15(14)28-18(22)20-16(23)11-29(25,26)12-17(24)21-6-2-3-7-21/h4-5,10H,2-3,6-9,11-12H2,1H3. The van der Waals surface area contributed by atoms with Crippen LogP contribution >= 0.6 is 27.3 Å². The molecule has 11 heteroatoms. The van der Waals surface area contributed by atoms with Gasteiger partial charge in [-0.2, -0.15) is 4.99 Å². The fraction of sp³-hybridized carbons (Fsp3) is 0.500. The van der Waals surface area contributed by atoms with E-state index in [0.29, 0.717) is 31.0 Å². The number of carbonyl (C=O) groups is 2. The summed E-state index contributed by atoms with van der Waals surface area (Å²) in [6.07, 6.45) is 1.76. The number of likely N-dealkylation sites (tertiary alicyclic amines) is 1. The second kappa shape index (κ2) is 9.50. The molecular formula is C18H22BrN3O5S2. The summed E-state index contributed by atoms with van der Waals surface area (Å²) in [5.74, 6) is -2.67. The molecule has 3 rings (SSSR count). The number of thiazole rings is 1. The average Bonchev–Trinajstić information content (AvgIpc) is 3.26. The molecule has 158 valence electrons. The molecule has 0 atom stereocenters. The van der Waals surface area contributed by atoms with Crippen LogP contribution in [0, 0.1) is 0 Å². The van der Waals surface area contributed by atoms with E-state index >= 15 is 0 Å². The van der Waals surface area contributed by atoms with Crippen LogP contribution in [-0.2, 0) is 30.7 Å². The van der Waals surface area contributed by atoms with Crippen LogP contribution in [0.2, 0.25) is 0 Å². The van der Waals surface area contributed by atoms with Crippen molar-refractivity contribution in [3.8, 4) is 0 Å². The lowest BCUT2D eigenvalue weighted by molar-refractivity contribution is -0.127.